The Kier molecular flexibility index (Phi) is 5.62. The molecule has 1 aliphatic heterocycles. The topological polar surface area (TPSA) is 90.3 Å². The summed E-state index contributed by atoms with van der Waals surface area (Å²) in [5.74, 6) is 1.60. The van der Waals surface area contributed by atoms with E-state index in [0.29, 0.717) is 35.3 Å². The van der Waals surface area contributed by atoms with Crippen LogP contribution < -0.4 is 20.1 Å². The van der Waals surface area contributed by atoms with Crippen LogP contribution in [0.2, 0.25) is 0 Å². The summed E-state index contributed by atoms with van der Waals surface area (Å²) in [5, 5.41) is 10.6. The number of fused-ring (bicyclic) bond motifs is 1. The number of ether oxygens (including phenoxy) is 2. The highest BCUT2D eigenvalue weighted by Crippen LogP contribution is 2.38. The Morgan fingerprint density at radius 3 is 2.74 bits per heavy atom. The lowest BCUT2D eigenvalue weighted by Crippen LogP contribution is -2.31. The molecule has 2 N–H and O–H groups in total. The molecule has 4 rings (SSSR count). The minimum Gasteiger partial charge on any atom is -0.493 e. The normalized spacial score (nSPS) is 15.2. The van der Waals surface area contributed by atoms with E-state index in [9.17, 15) is 4.79 Å². The molecule has 1 aliphatic rings. The molecule has 0 bridgehead atoms. The number of aromatic nitrogens is 3. The second kappa shape index (κ2) is 8.51. The van der Waals surface area contributed by atoms with Crippen LogP contribution in [-0.2, 0) is 4.79 Å². The van der Waals surface area contributed by atoms with Gasteiger partial charge in [0.25, 0.3) is 5.91 Å². The van der Waals surface area contributed by atoms with Crippen molar-refractivity contribution in [3.8, 4) is 11.5 Å². The van der Waals surface area contributed by atoms with Gasteiger partial charge in [-0.15, -0.1) is 0 Å². The van der Waals surface area contributed by atoms with Gasteiger partial charge >= 0.3 is 0 Å². The highest BCUT2D eigenvalue weighted by atomic mass is 16.5. The molecule has 2 aromatic carbocycles. The summed E-state index contributed by atoms with van der Waals surface area (Å²) in [7, 11) is 1.60. The average molecular weight is 419 g/mol. The Morgan fingerprint density at radius 2 is 2.00 bits per heavy atom. The Balaban J connectivity index is 1.78. The van der Waals surface area contributed by atoms with Crippen LogP contribution in [-0.4, -0.2) is 34.4 Å². The smallest absolute Gasteiger partial charge is 0.255 e. The summed E-state index contributed by atoms with van der Waals surface area (Å²) in [5.41, 5.74) is 3.85. The predicted octanol–water partition coefficient (Wildman–Crippen LogP) is 3.92. The maximum absolute atomic E-state index is 13.4. The highest BCUT2D eigenvalue weighted by molar-refractivity contribution is 6.06. The number of hydrogen-bond donors (Lipinski definition) is 2. The second-order valence-electron chi connectivity index (χ2n) is 7.21. The zero-order chi connectivity index (χ0) is 22.0. The summed E-state index contributed by atoms with van der Waals surface area (Å²) < 4.78 is 12.9. The molecule has 0 spiro atoms. The SMILES string of the molecule is CCOc1ccc(C2C(C(=O)Nc3ccccc3C)=C(C)Nc3ncnn32)cc1OC. The number of amides is 1. The molecule has 0 radical (unpaired) electrons. The zero-order valence-electron chi connectivity index (χ0n) is 18.0. The van der Waals surface area contributed by atoms with E-state index in [1.807, 2.05) is 63.2 Å². The van der Waals surface area contributed by atoms with E-state index in [2.05, 4.69) is 20.7 Å². The van der Waals surface area contributed by atoms with Crippen LogP contribution in [0.1, 0.15) is 31.0 Å². The van der Waals surface area contributed by atoms with E-state index in [1.54, 1.807) is 11.8 Å². The van der Waals surface area contributed by atoms with Crippen LogP contribution in [0.5, 0.6) is 11.5 Å². The number of nitrogens with zero attached hydrogens (tertiary/aromatic N) is 3. The maximum atomic E-state index is 13.4. The van der Waals surface area contributed by atoms with Gasteiger partial charge in [-0.05, 0) is 50.1 Å². The molecule has 0 saturated carbocycles. The van der Waals surface area contributed by atoms with Gasteiger partial charge < -0.3 is 20.1 Å². The number of methoxy groups -OCH3 is 1. The number of carbonyl (C=O) groups is 1. The molecule has 160 valence electrons. The molecular formula is C23H25N5O3. The van der Waals surface area contributed by atoms with Crippen molar-refractivity contribution in [3.05, 3.63) is 71.2 Å². The van der Waals surface area contributed by atoms with Crippen molar-refractivity contribution in [2.45, 2.75) is 26.8 Å². The minimum atomic E-state index is -0.479. The second-order valence-corrected chi connectivity index (χ2v) is 7.21. The molecule has 0 fully saturated rings. The third-order valence-electron chi connectivity index (χ3n) is 5.24. The molecule has 1 atom stereocenters. The van der Waals surface area contributed by atoms with E-state index < -0.39 is 6.04 Å². The van der Waals surface area contributed by atoms with Crippen molar-refractivity contribution in [1.29, 1.82) is 0 Å². The molecule has 1 aromatic heterocycles. The number of aryl methyl sites for hydroxylation is 1. The van der Waals surface area contributed by atoms with Crippen LogP contribution in [0.25, 0.3) is 0 Å². The monoisotopic (exact) mass is 419 g/mol. The summed E-state index contributed by atoms with van der Waals surface area (Å²) in [6.07, 6.45) is 1.47. The average Bonchev–Trinajstić information content (AvgIpc) is 3.23. The van der Waals surface area contributed by atoms with Gasteiger partial charge in [0.1, 0.15) is 12.4 Å². The first-order valence-electron chi connectivity index (χ1n) is 10.1. The number of rotatable bonds is 6. The maximum Gasteiger partial charge on any atom is 0.255 e. The van der Waals surface area contributed by atoms with E-state index in [-0.39, 0.29) is 5.91 Å². The minimum absolute atomic E-state index is 0.210. The molecule has 1 unspecified atom stereocenters. The molecule has 0 saturated heterocycles. The summed E-state index contributed by atoms with van der Waals surface area (Å²) in [6.45, 7) is 6.27. The summed E-state index contributed by atoms with van der Waals surface area (Å²) >= 11 is 0. The van der Waals surface area contributed by atoms with Crippen LogP contribution in [0.4, 0.5) is 11.6 Å². The van der Waals surface area contributed by atoms with Crippen molar-refractivity contribution in [2.24, 2.45) is 0 Å². The third kappa shape index (κ3) is 3.84. The quantitative estimate of drug-likeness (QED) is 0.629. The van der Waals surface area contributed by atoms with Crippen LogP contribution in [0.15, 0.2) is 60.1 Å². The molecule has 2 heterocycles. The van der Waals surface area contributed by atoms with Crippen molar-refractivity contribution in [3.63, 3.8) is 0 Å². The third-order valence-corrected chi connectivity index (χ3v) is 5.24. The molecule has 8 nitrogen and oxygen atoms in total. The number of para-hydroxylation sites is 1. The van der Waals surface area contributed by atoms with Crippen LogP contribution in [0, 0.1) is 6.92 Å². The number of nitrogens with one attached hydrogen (secondary N) is 2. The lowest BCUT2D eigenvalue weighted by Gasteiger charge is -2.29. The van der Waals surface area contributed by atoms with Gasteiger partial charge in [0.05, 0.1) is 19.3 Å². The number of benzene rings is 2. The van der Waals surface area contributed by atoms with Crippen molar-refractivity contribution < 1.29 is 14.3 Å². The van der Waals surface area contributed by atoms with Gasteiger partial charge in [-0.25, -0.2) is 4.68 Å². The molecule has 8 heteroatoms. The summed E-state index contributed by atoms with van der Waals surface area (Å²) in [6, 6.07) is 12.8. The first-order chi connectivity index (χ1) is 15.0. The molecule has 31 heavy (non-hydrogen) atoms. The fourth-order valence-corrected chi connectivity index (χ4v) is 3.73. The van der Waals surface area contributed by atoms with Gasteiger partial charge in [-0.2, -0.15) is 10.1 Å². The highest BCUT2D eigenvalue weighted by Gasteiger charge is 2.34. The first kappa shape index (κ1) is 20.5. The summed E-state index contributed by atoms with van der Waals surface area (Å²) in [4.78, 5) is 17.7. The van der Waals surface area contributed by atoms with Gasteiger partial charge in [-0.3, -0.25) is 4.79 Å². The molecule has 1 amide bonds. The standard InChI is InChI=1S/C23H25N5O3/c1-5-31-18-11-10-16(12-19(18)30-4)21-20(15(3)26-23-24-13-25-28(21)23)22(29)27-17-9-7-6-8-14(17)2/h6-13,21H,5H2,1-4H3,(H,27,29)(H,24,25,26). The van der Waals surface area contributed by atoms with Crippen molar-refractivity contribution >= 4 is 17.5 Å². The van der Waals surface area contributed by atoms with Crippen LogP contribution >= 0.6 is 0 Å². The number of carbonyl (C=O) groups excluding carboxylic acids is 1. The van der Waals surface area contributed by atoms with E-state index in [1.165, 1.54) is 6.33 Å². The number of anilines is 2. The Hall–Kier alpha value is -3.81. The molecular weight excluding hydrogens is 394 g/mol. The Bertz CT molecular complexity index is 1150. The number of hydrogen-bond acceptors (Lipinski definition) is 6. The van der Waals surface area contributed by atoms with Gasteiger partial charge in [0.15, 0.2) is 11.5 Å². The largest absolute Gasteiger partial charge is 0.493 e. The van der Waals surface area contributed by atoms with E-state index in [4.69, 9.17) is 9.47 Å². The van der Waals surface area contributed by atoms with Gasteiger partial charge in [-0.1, -0.05) is 24.3 Å². The predicted molar refractivity (Wildman–Crippen MR) is 118 cm³/mol. The zero-order valence-corrected chi connectivity index (χ0v) is 18.0. The van der Waals surface area contributed by atoms with Crippen LogP contribution in [0.3, 0.4) is 0 Å². The van der Waals surface area contributed by atoms with Crippen molar-refractivity contribution in [1.82, 2.24) is 14.8 Å². The van der Waals surface area contributed by atoms with E-state index in [0.717, 1.165) is 16.8 Å². The van der Waals surface area contributed by atoms with Gasteiger partial charge in [0.2, 0.25) is 5.95 Å². The lowest BCUT2D eigenvalue weighted by molar-refractivity contribution is -0.113. The lowest BCUT2D eigenvalue weighted by atomic mass is 9.94. The van der Waals surface area contributed by atoms with Gasteiger partial charge in [0, 0.05) is 11.4 Å². The molecule has 0 aliphatic carbocycles. The van der Waals surface area contributed by atoms with Crippen molar-refractivity contribution in [2.75, 3.05) is 24.4 Å². The first-order valence-corrected chi connectivity index (χ1v) is 10.1. The Morgan fingerprint density at radius 1 is 1.19 bits per heavy atom. The Labute approximate surface area is 180 Å². The number of allylic oxidation sites excluding steroid dienone is 1. The molecule has 3 aromatic rings. The van der Waals surface area contributed by atoms with E-state index >= 15 is 0 Å². The fourth-order valence-electron chi connectivity index (χ4n) is 3.73. The fraction of sp³-hybridized carbons (Fsp3) is 0.261.